The Bertz CT molecular complexity index is 714. The second-order valence-electron chi connectivity index (χ2n) is 4.92. The molecule has 0 bridgehead atoms. The van der Waals surface area contributed by atoms with Gasteiger partial charge in [0, 0.05) is 35.9 Å². The number of halogens is 1. The Hall–Kier alpha value is -1.78. The molecule has 0 aliphatic rings. The first kappa shape index (κ1) is 13.2. The number of nitrogens with zero attached hydrogens (tertiary/aromatic N) is 2. The van der Waals surface area contributed by atoms with Crippen LogP contribution in [-0.4, -0.2) is 21.3 Å². The highest BCUT2D eigenvalue weighted by molar-refractivity contribution is 6.36. The van der Waals surface area contributed by atoms with Gasteiger partial charge in [-0.15, -0.1) is 0 Å². The molecule has 3 rings (SSSR count). The van der Waals surface area contributed by atoms with Gasteiger partial charge in [0.1, 0.15) is 0 Å². The van der Waals surface area contributed by atoms with Gasteiger partial charge in [-0.3, -0.25) is 4.68 Å². The van der Waals surface area contributed by atoms with Crippen LogP contribution in [-0.2, 0) is 13.1 Å². The number of H-pyrrole nitrogens is 1. The van der Waals surface area contributed by atoms with Gasteiger partial charge in [-0.05, 0) is 18.6 Å². The smallest absolute Gasteiger partial charge is 0.0705 e. The van der Waals surface area contributed by atoms with Gasteiger partial charge >= 0.3 is 0 Å². The molecule has 0 aliphatic carbocycles. The van der Waals surface area contributed by atoms with E-state index in [1.165, 1.54) is 5.56 Å². The molecular formula is C15H17ClN4. The lowest BCUT2D eigenvalue weighted by molar-refractivity contribution is 0.552. The van der Waals surface area contributed by atoms with Crippen molar-refractivity contribution in [2.45, 2.75) is 20.0 Å². The van der Waals surface area contributed by atoms with Crippen molar-refractivity contribution in [3.8, 4) is 0 Å². The average molecular weight is 289 g/mol. The molecule has 2 heterocycles. The number of aryl methyl sites for hydroxylation is 1. The summed E-state index contributed by atoms with van der Waals surface area (Å²) in [6.07, 6.45) is 3.91. The van der Waals surface area contributed by atoms with Crippen LogP contribution in [0.25, 0.3) is 10.9 Å². The Morgan fingerprint density at radius 2 is 2.20 bits per heavy atom. The maximum absolute atomic E-state index is 6.37. The number of para-hydroxylation sites is 1. The van der Waals surface area contributed by atoms with Crippen LogP contribution < -0.4 is 5.32 Å². The minimum atomic E-state index is 0.730. The van der Waals surface area contributed by atoms with E-state index in [4.69, 9.17) is 11.6 Å². The SMILES string of the molecule is Cc1cnn(CCNCc2[nH]c3ccccc3c2Cl)c1. The fourth-order valence-electron chi connectivity index (χ4n) is 2.28. The Labute approximate surface area is 122 Å². The van der Waals surface area contributed by atoms with E-state index in [1.54, 1.807) is 0 Å². The summed E-state index contributed by atoms with van der Waals surface area (Å²) in [5.41, 5.74) is 3.30. The lowest BCUT2D eigenvalue weighted by Crippen LogP contribution is -2.20. The number of nitrogens with one attached hydrogen (secondary N) is 2. The van der Waals surface area contributed by atoms with Crippen molar-refractivity contribution >= 4 is 22.5 Å². The second kappa shape index (κ2) is 5.69. The predicted octanol–water partition coefficient (Wildman–Crippen LogP) is 3.12. The maximum atomic E-state index is 6.37. The van der Waals surface area contributed by atoms with Crippen molar-refractivity contribution in [3.63, 3.8) is 0 Å². The van der Waals surface area contributed by atoms with Crippen molar-refractivity contribution < 1.29 is 0 Å². The molecule has 0 atom stereocenters. The average Bonchev–Trinajstić information content (AvgIpc) is 3.00. The monoisotopic (exact) mass is 288 g/mol. The highest BCUT2D eigenvalue weighted by Gasteiger charge is 2.07. The molecular weight excluding hydrogens is 272 g/mol. The van der Waals surface area contributed by atoms with Gasteiger partial charge in [0.15, 0.2) is 0 Å². The van der Waals surface area contributed by atoms with E-state index >= 15 is 0 Å². The lowest BCUT2D eigenvalue weighted by Gasteiger charge is -2.04. The molecule has 2 aromatic heterocycles. The zero-order valence-corrected chi connectivity index (χ0v) is 12.1. The van der Waals surface area contributed by atoms with Crippen molar-refractivity contribution in [2.75, 3.05) is 6.54 Å². The largest absolute Gasteiger partial charge is 0.356 e. The van der Waals surface area contributed by atoms with Crippen LogP contribution in [0.3, 0.4) is 0 Å². The first-order chi connectivity index (χ1) is 9.74. The van der Waals surface area contributed by atoms with Gasteiger partial charge < -0.3 is 10.3 Å². The first-order valence-electron chi connectivity index (χ1n) is 6.69. The van der Waals surface area contributed by atoms with E-state index in [0.717, 1.165) is 41.3 Å². The summed E-state index contributed by atoms with van der Waals surface area (Å²) in [5, 5.41) is 9.53. The van der Waals surface area contributed by atoms with Crippen molar-refractivity contribution in [1.82, 2.24) is 20.1 Å². The molecule has 0 unspecified atom stereocenters. The molecule has 5 heteroatoms. The minimum absolute atomic E-state index is 0.730. The topological polar surface area (TPSA) is 45.6 Å². The molecule has 104 valence electrons. The Kier molecular flexibility index (Phi) is 3.76. The van der Waals surface area contributed by atoms with E-state index < -0.39 is 0 Å². The summed E-state index contributed by atoms with van der Waals surface area (Å²) in [4.78, 5) is 3.35. The molecule has 0 spiro atoms. The third-order valence-electron chi connectivity index (χ3n) is 3.30. The molecule has 3 aromatic rings. The molecule has 0 amide bonds. The molecule has 0 fully saturated rings. The Balaban J connectivity index is 1.58. The molecule has 4 nitrogen and oxygen atoms in total. The summed E-state index contributed by atoms with van der Waals surface area (Å²) < 4.78 is 1.94. The number of aromatic amines is 1. The quantitative estimate of drug-likeness (QED) is 0.709. The van der Waals surface area contributed by atoms with Gasteiger partial charge in [-0.25, -0.2) is 0 Å². The van der Waals surface area contributed by atoms with E-state index in [2.05, 4.69) is 15.4 Å². The van der Waals surface area contributed by atoms with Gasteiger partial charge in [0.25, 0.3) is 0 Å². The van der Waals surface area contributed by atoms with Gasteiger partial charge in [0.05, 0.1) is 17.8 Å². The van der Waals surface area contributed by atoms with Gasteiger partial charge in [-0.1, -0.05) is 29.8 Å². The van der Waals surface area contributed by atoms with Crippen LogP contribution in [0.2, 0.25) is 5.02 Å². The van der Waals surface area contributed by atoms with E-state index in [0.29, 0.717) is 0 Å². The highest BCUT2D eigenvalue weighted by Crippen LogP contribution is 2.26. The predicted molar refractivity (Wildman–Crippen MR) is 82.0 cm³/mol. The number of rotatable bonds is 5. The van der Waals surface area contributed by atoms with Crippen molar-refractivity contribution in [3.05, 3.63) is 52.9 Å². The minimum Gasteiger partial charge on any atom is -0.356 e. The summed E-state index contributed by atoms with van der Waals surface area (Å²) in [5.74, 6) is 0. The lowest BCUT2D eigenvalue weighted by atomic mass is 10.2. The summed E-state index contributed by atoms with van der Waals surface area (Å²) >= 11 is 6.37. The fraction of sp³-hybridized carbons (Fsp3) is 0.267. The third kappa shape index (κ3) is 2.71. The summed E-state index contributed by atoms with van der Waals surface area (Å²) in [7, 11) is 0. The van der Waals surface area contributed by atoms with Crippen LogP contribution in [0, 0.1) is 6.92 Å². The second-order valence-corrected chi connectivity index (χ2v) is 5.30. The van der Waals surface area contributed by atoms with E-state index in [-0.39, 0.29) is 0 Å². The number of hydrogen-bond acceptors (Lipinski definition) is 2. The number of fused-ring (bicyclic) bond motifs is 1. The zero-order valence-electron chi connectivity index (χ0n) is 11.4. The zero-order chi connectivity index (χ0) is 13.9. The molecule has 2 N–H and O–H groups in total. The van der Waals surface area contributed by atoms with Gasteiger partial charge in [-0.2, -0.15) is 5.10 Å². The molecule has 0 radical (unpaired) electrons. The number of hydrogen-bond donors (Lipinski definition) is 2. The maximum Gasteiger partial charge on any atom is 0.0705 e. The van der Waals surface area contributed by atoms with Crippen LogP contribution in [0.4, 0.5) is 0 Å². The van der Waals surface area contributed by atoms with Crippen LogP contribution >= 0.6 is 11.6 Å². The van der Waals surface area contributed by atoms with E-state index in [1.807, 2.05) is 48.3 Å². The van der Waals surface area contributed by atoms with Crippen molar-refractivity contribution in [1.29, 1.82) is 0 Å². The summed E-state index contributed by atoms with van der Waals surface area (Å²) in [6, 6.07) is 8.08. The van der Waals surface area contributed by atoms with Crippen LogP contribution in [0.1, 0.15) is 11.3 Å². The molecule has 0 saturated carbocycles. The normalized spacial score (nSPS) is 11.3. The molecule has 0 saturated heterocycles. The van der Waals surface area contributed by atoms with E-state index in [9.17, 15) is 0 Å². The third-order valence-corrected chi connectivity index (χ3v) is 3.73. The van der Waals surface area contributed by atoms with Crippen LogP contribution in [0.15, 0.2) is 36.7 Å². The number of benzene rings is 1. The van der Waals surface area contributed by atoms with Crippen LogP contribution in [0.5, 0.6) is 0 Å². The van der Waals surface area contributed by atoms with Crippen molar-refractivity contribution in [2.24, 2.45) is 0 Å². The number of aromatic nitrogens is 3. The fourth-order valence-corrected chi connectivity index (χ4v) is 2.56. The Morgan fingerprint density at radius 3 is 2.95 bits per heavy atom. The molecule has 20 heavy (non-hydrogen) atoms. The Morgan fingerprint density at radius 1 is 1.35 bits per heavy atom. The molecule has 1 aromatic carbocycles. The summed E-state index contributed by atoms with van der Waals surface area (Å²) in [6.45, 7) is 4.48. The first-order valence-corrected chi connectivity index (χ1v) is 7.06. The molecule has 0 aliphatic heterocycles. The highest BCUT2D eigenvalue weighted by atomic mass is 35.5. The van der Waals surface area contributed by atoms with Gasteiger partial charge in [0.2, 0.25) is 0 Å². The standard InChI is InChI=1S/C15H17ClN4/c1-11-8-18-20(10-11)7-6-17-9-14-15(16)12-4-2-3-5-13(12)19-14/h2-5,8,10,17,19H,6-7,9H2,1H3.